The van der Waals surface area contributed by atoms with Crippen LogP contribution in [-0.4, -0.2) is 24.5 Å². The highest BCUT2D eigenvalue weighted by Gasteiger charge is 2.17. The van der Waals surface area contributed by atoms with Gasteiger partial charge < -0.3 is 15.4 Å². The van der Waals surface area contributed by atoms with Crippen LogP contribution in [0.25, 0.3) is 0 Å². The van der Waals surface area contributed by atoms with Crippen LogP contribution in [0.15, 0.2) is 48.5 Å². The summed E-state index contributed by atoms with van der Waals surface area (Å²) in [5, 5.41) is 16.8. The van der Waals surface area contributed by atoms with Crippen molar-refractivity contribution in [3.8, 4) is 5.75 Å². The van der Waals surface area contributed by atoms with E-state index >= 15 is 0 Å². The van der Waals surface area contributed by atoms with E-state index in [4.69, 9.17) is 4.74 Å². The number of nitro groups is 1. The predicted octanol–water partition coefficient (Wildman–Crippen LogP) is 3.53. The maximum atomic E-state index is 12.3. The number of amides is 1. The Labute approximate surface area is 152 Å². The Morgan fingerprint density at radius 1 is 1.19 bits per heavy atom. The second-order valence-electron chi connectivity index (χ2n) is 6.20. The maximum Gasteiger partial charge on any atom is 0.273 e. The third-order valence-corrected chi connectivity index (χ3v) is 3.98. The van der Waals surface area contributed by atoms with E-state index in [9.17, 15) is 14.9 Å². The lowest BCUT2D eigenvalue weighted by Crippen LogP contribution is -2.33. The molecule has 0 saturated heterocycles. The summed E-state index contributed by atoms with van der Waals surface area (Å²) in [7, 11) is 1.40. The second kappa shape index (κ2) is 8.96. The number of carbonyl (C=O) groups excluding carboxylic acids is 1. The molecule has 2 aromatic rings. The molecule has 0 aliphatic heterocycles. The van der Waals surface area contributed by atoms with Crippen molar-refractivity contribution in [3.05, 3.63) is 64.2 Å². The molecule has 0 radical (unpaired) electrons. The van der Waals surface area contributed by atoms with Gasteiger partial charge in [0.2, 0.25) is 5.91 Å². The van der Waals surface area contributed by atoms with Gasteiger partial charge in [-0.25, -0.2) is 0 Å². The summed E-state index contributed by atoms with van der Waals surface area (Å²) in [5.74, 6) is 0.300. The van der Waals surface area contributed by atoms with Crippen LogP contribution < -0.4 is 15.4 Å². The Morgan fingerprint density at radius 3 is 2.46 bits per heavy atom. The fraction of sp³-hybridized carbons (Fsp3) is 0.316. The largest absolute Gasteiger partial charge is 0.494 e. The molecule has 7 heteroatoms. The molecule has 0 fully saturated rings. The van der Waals surface area contributed by atoms with Crippen molar-refractivity contribution in [2.75, 3.05) is 19.0 Å². The van der Waals surface area contributed by atoms with E-state index in [2.05, 4.69) is 24.5 Å². The SMILES string of the molecule is COc1cc([N+](=O)[O-])ccc1NC(=O)CN[C@H](c1ccccc1)C(C)C. The van der Waals surface area contributed by atoms with E-state index < -0.39 is 4.92 Å². The van der Waals surface area contributed by atoms with Crippen molar-refractivity contribution in [1.82, 2.24) is 5.32 Å². The van der Waals surface area contributed by atoms with Gasteiger partial charge in [-0.05, 0) is 17.5 Å². The monoisotopic (exact) mass is 357 g/mol. The van der Waals surface area contributed by atoms with Crippen molar-refractivity contribution in [1.29, 1.82) is 0 Å². The van der Waals surface area contributed by atoms with Crippen LogP contribution in [0.5, 0.6) is 5.75 Å². The third-order valence-electron chi connectivity index (χ3n) is 3.98. The van der Waals surface area contributed by atoms with E-state index in [-0.39, 0.29) is 29.9 Å². The van der Waals surface area contributed by atoms with Gasteiger partial charge in [0.1, 0.15) is 5.75 Å². The molecule has 2 aromatic carbocycles. The molecule has 1 amide bonds. The molecule has 0 bridgehead atoms. The normalized spacial score (nSPS) is 11.8. The standard InChI is InChI=1S/C19H23N3O4/c1-13(2)19(14-7-5-4-6-8-14)20-12-18(23)21-16-10-9-15(22(24)25)11-17(16)26-3/h4-11,13,19-20H,12H2,1-3H3,(H,21,23)/t19-/m0/s1. The fourth-order valence-electron chi connectivity index (χ4n) is 2.69. The summed E-state index contributed by atoms with van der Waals surface area (Å²) in [6.45, 7) is 4.28. The van der Waals surface area contributed by atoms with Gasteiger partial charge in [0.05, 0.1) is 30.3 Å². The zero-order valence-corrected chi connectivity index (χ0v) is 15.1. The summed E-state index contributed by atoms with van der Waals surface area (Å²) in [4.78, 5) is 22.6. The van der Waals surface area contributed by atoms with Crippen LogP contribution in [0.2, 0.25) is 0 Å². The van der Waals surface area contributed by atoms with Crippen molar-refractivity contribution < 1.29 is 14.5 Å². The van der Waals surface area contributed by atoms with Gasteiger partial charge in [0.25, 0.3) is 5.69 Å². The van der Waals surface area contributed by atoms with Gasteiger partial charge in [0, 0.05) is 12.1 Å². The molecule has 0 unspecified atom stereocenters. The Balaban J connectivity index is 2.03. The summed E-state index contributed by atoms with van der Waals surface area (Å²) in [6, 6.07) is 14.0. The lowest BCUT2D eigenvalue weighted by molar-refractivity contribution is -0.384. The number of nitro benzene ring substituents is 1. The summed E-state index contributed by atoms with van der Waals surface area (Å²) in [6.07, 6.45) is 0. The molecule has 7 nitrogen and oxygen atoms in total. The zero-order valence-electron chi connectivity index (χ0n) is 15.1. The molecular formula is C19H23N3O4. The molecular weight excluding hydrogens is 334 g/mol. The van der Waals surface area contributed by atoms with E-state index in [1.165, 1.54) is 25.3 Å². The van der Waals surface area contributed by atoms with Crippen LogP contribution in [-0.2, 0) is 4.79 Å². The Bertz CT molecular complexity index is 763. The summed E-state index contributed by atoms with van der Waals surface area (Å²) in [5.41, 5.74) is 1.41. The summed E-state index contributed by atoms with van der Waals surface area (Å²) < 4.78 is 5.13. The first-order chi connectivity index (χ1) is 12.4. The quantitative estimate of drug-likeness (QED) is 0.557. The van der Waals surface area contributed by atoms with Gasteiger partial charge in [-0.3, -0.25) is 14.9 Å². The molecule has 0 aliphatic carbocycles. The van der Waals surface area contributed by atoms with E-state index in [0.29, 0.717) is 11.6 Å². The van der Waals surface area contributed by atoms with E-state index in [1.54, 1.807) is 0 Å². The highest BCUT2D eigenvalue weighted by molar-refractivity contribution is 5.93. The molecule has 0 aromatic heterocycles. The second-order valence-corrected chi connectivity index (χ2v) is 6.20. The predicted molar refractivity (Wildman–Crippen MR) is 100 cm³/mol. The summed E-state index contributed by atoms with van der Waals surface area (Å²) >= 11 is 0. The number of nitrogens with one attached hydrogen (secondary N) is 2. The maximum absolute atomic E-state index is 12.3. The number of ether oxygens (including phenoxy) is 1. The molecule has 1 atom stereocenters. The number of methoxy groups -OCH3 is 1. The van der Waals surface area contributed by atoms with Gasteiger partial charge in [-0.2, -0.15) is 0 Å². The fourth-order valence-corrected chi connectivity index (χ4v) is 2.69. The number of benzene rings is 2. The minimum Gasteiger partial charge on any atom is -0.494 e. The van der Waals surface area contributed by atoms with Crippen LogP contribution in [0.1, 0.15) is 25.5 Å². The Hall–Kier alpha value is -2.93. The molecule has 0 aliphatic rings. The van der Waals surface area contributed by atoms with Gasteiger partial charge in [-0.1, -0.05) is 44.2 Å². The van der Waals surface area contributed by atoms with Crippen LogP contribution in [0, 0.1) is 16.0 Å². The minimum atomic E-state index is -0.511. The minimum absolute atomic E-state index is 0.0423. The van der Waals surface area contributed by atoms with Crippen molar-refractivity contribution in [3.63, 3.8) is 0 Å². The number of non-ortho nitro benzene ring substituents is 1. The van der Waals surface area contributed by atoms with Gasteiger partial charge in [0.15, 0.2) is 0 Å². The lowest BCUT2D eigenvalue weighted by atomic mass is 9.96. The number of nitrogens with zero attached hydrogens (tertiary/aromatic N) is 1. The smallest absolute Gasteiger partial charge is 0.273 e. The van der Waals surface area contributed by atoms with Gasteiger partial charge in [-0.15, -0.1) is 0 Å². The number of carbonyl (C=O) groups is 1. The number of anilines is 1. The van der Waals surface area contributed by atoms with Crippen LogP contribution in [0.4, 0.5) is 11.4 Å². The molecule has 2 N–H and O–H groups in total. The number of rotatable bonds is 8. The first kappa shape index (κ1) is 19.4. The van der Waals surface area contributed by atoms with Crippen molar-refractivity contribution in [2.45, 2.75) is 19.9 Å². The average molecular weight is 357 g/mol. The van der Waals surface area contributed by atoms with Crippen LogP contribution >= 0.6 is 0 Å². The topological polar surface area (TPSA) is 93.5 Å². The third kappa shape index (κ3) is 5.03. The molecule has 138 valence electrons. The highest BCUT2D eigenvalue weighted by atomic mass is 16.6. The zero-order chi connectivity index (χ0) is 19.1. The highest BCUT2D eigenvalue weighted by Crippen LogP contribution is 2.29. The molecule has 0 saturated carbocycles. The lowest BCUT2D eigenvalue weighted by Gasteiger charge is -2.23. The first-order valence-corrected chi connectivity index (χ1v) is 8.33. The van der Waals surface area contributed by atoms with Crippen molar-refractivity contribution >= 4 is 17.3 Å². The molecule has 26 heavy (non-hydrogen) atoms. The number of hydrogen-bond donors (Lipinski definition) is 2. The Morgan fingerprint density at radius 2 is 1.88 bits per heavy atom. The first-order valence-electron chi connectivity index (χ1n) is 8.33. The van der Waals surface area contributed by atoms with Crippen LogP contribution in [0.3, 0.4) is 0 Å². The van der Waals surface area contributed by atoms with Crippen molar-refractivity contribution in [2.24, 2.45) is 5.92 Å². The Kier molecular flexibility index (Phi) is 6.68. The van der Waals surface area contributed by atoms with E-state index in [0.717, 1.165) is 5.56 Å². The van der Waals surface area contributed by atoms with E-state index in [1.807, 2.05) is 30.3 Å². The number of hydrogen-bond acceptors (Lipinski definition) is 5. The molecule has 0 heterocycles. The molecule has 2 rings (SSSR count). The average Bonchev–Trinajstić information content (AvgIpc) is 2.62. The molecule has 0 spiro atoms. The van der Waals surface area contributed by atoms with Gasteiger partial charge >= 0.3 is 0 Å².